The quantitative estimate of drug-likeness (QED) is 0.497. The molecule has 1 fully saturated rings. The van der Waals surface area contributed by atoms with Crippen molar-refractivity contribution in [3.63, 3.8) is 0 Å². The lowest BCUT2D eigenvalue weighted by Gasteiger charge is -2.16. The second kappa shape index (κ2) is 9.25. The fraction of sp³-hybridized carbons (Fsp3) is 0.286. The van der Waals surface area contributed by atoms with E-state index >= 15 is 0 Å². The Morgan fingerprint density at radius 2 is 2.07 bits per heavy atom. The molecule has 0 radical (unpaired) electrons. The minimum Gasteiger partial charge on any atom is -0.492 e. The van der Waals surface area contributed by atoms with Crippen LogP contribution in [-0.2, 0) is 4.79 Å². The summed E-state index contributed by atoms with van der Waals surface area (Å²) in [6.45, 7) is 1.85. The largest absolute Gasteiger partial charge is 0.492 e. The third-order valence-electron chi connectivity index (χ3n) is 4.78. The Balaban J connectivity index is 1.36. The molecule has 0 saturated carbocycles. The molecule has 0 atom stereocenters. The van der Waals surface area contributed by atoms with Crippen LogP contribution in [0.4, 0.5) is 10.1 Å². The summed E-state index contributed by atoms with van der Waals surface area (Å²) in [6.07, 6.45) is 2.95. The molecule has 2 aromatic carbocycles. The van der Waals surface area contributed by atoms with Gasteiger partial charge < -0.3 is 19.7 Å². The van der Waals surface area contributed by atoms with Gasteiger partial charge in [0.2, 0.25) is 11.8 Å². The van der Waals surface area contributed by atoms with Crippen LogP contribution < -0.4 is 14.8 Å². The molecule has 1 aliphatic rings. The van der Waals surface area contributed by atoms with Crippen molar-refractivity contribution in [2.24, 2.45) is 0 Å². The molecule has 1 aliphatic heterocycles. The third kappa shape index (κ3) is 4.79. The Morgan fingerprint density at radius 3 is 2.87 bits per heavy atom. The number of rotatable bonds is 8. The average Bonchev–Trinajstić information content (AvgIpc) is 3.14. The van der Waals surface area contributed by atoms with Crippen LogP contribution in [0.3, 0.4) is 0 Å². The molecule has 0 spiro atoms. The molecule has 1 saturated heterocycles. The highest BCUT2D eigenvalue weighted by molar-refractivity contribution is 9.10. The Kier molecular flexibility index (Phi) is 6.27. The summed E-state index contributed by atoms with van der Waals surface area (Å²) < 4.78 is 26.0. The lowest BCUT2D eigenvalue weighted by atomic mass is 10.2. The summed E-state index contributed by atoms with van der Waals surface area (Å²) in [5, 5.41) is 3.61. The second-order valence-electron chi connectivity index (χ2n) is 6.78. The molecule has 0 bridgehead atoms. The summed E-state index contributed by atoms with van der Waals surface area (Å²) in [5.41, 5.74) is 1.01. The molecule has 3 aromatic rings. The van der Waals surface area contributed by atoms with E-state index in [2.05, 4.69) is 31.2 Å². The summed E-state index contributed by atoms with van der Waals surface area (Å²) in [6, 6.07) is 10.2. The second-order valence-corrected chi connectivity index (χ2v) is 7.70. The highest BCUT2D eigenvalue weighted by atomic mass is 79.9. The van der Waals surface area contributed by atoms with Gasteiger partial charge in [-0.2, -0.15) is 0 Å². The molecule has 1 aromatic heterocycles. The van der Waals surface area contributed by atoms with E-state index < -0.39 is 0 Å². The lowest BCUT2D eigenvalue weighted by Crippen LogP contribution is -2.29. The maximum absolute atomic E-state index is 13.9. The summed E-state index contributed by atoms with van der Waals surface area (Å²) in [4.78, 5) is 21.9. The summed E-state index contributed by atoms with van der Waals surface area (Å²) in [7, 11) is 0. The van der Waals surface area contributed by atoms with Gasteiger partial charge in [0.25, 0.3) is 0 Å². The van der Waals surface area contributed by atoms with Gasteiger partial charge in [0.1, 0.15) is 24.5 Å². The van der Waals surface area contributed by atoms with Crippen LogP contribution in [0.5, 0.6) is 11.6 Å². The minimum atomic E-state index is -0.377. The number of hydrogen-bond donors (Lipinski definition) is 1. The number of ether oxygens (including phenoxy) is 2. The average molecular weight is 475 g/mol. The van der Waals surface area contributed by atoms with Crippen molar-refractivity contribution in [3.8, 4) is 11.6 Å². The van der Waals surface area contributed by atoms with Crippen molar-refractivity contribution in [3.05, 3.63) is 53.0 Å². The number of likely N-dealkylation sites (tertiary alicyclic amines) is 1. The first-order valence-corrected chi connectivity index (χ1v) is 10.4. The number of anilines is 1. The van der Waals surface area contributed by atoms with E-state index in [4.69, 9.17) is 9.47 Å². The zero-order chi connectivity index (χ0) is 20.9. The maximum atomic E-state index is 13.9. The Hall–Kier alpha value is -2.94. The first kappa shape index (κ1) is 20.3. The fourth-order valence-corrected chi connectivity index (χ4v) is 3.58. The number of hydrogen-bond acceptors (Lipinski definition) is 6. The van der Waals surface area contributed by atoms with Crippen LogP contribution in [-0.4, -0.2) is 47.2 Å². The smallest absolute Gasteiger partial charge is 0.226 e. The number of nitrogens with one attached hydrogen (secondary N) is 1. The molecule has 1 N–H and O–H groups in total. The van der Waals surface area contributed by atoms with Gasteiger partial charge in [-0.3, -0.25) is 4.79 Å². The van der Waals surface area contributed by atoms with Crippen molar-refractivity contribution >= 4 is 38.4 Å². The molecule has 1 amide bonds. The van der Waals surface area contributed by atoms with Crippen molar-refractivity contribution in [1.29, 1.82) is 0 Å². The number of carbonyl (C=O) groups is 1. The van der Waals surface area contributed by atoms with Gasteiger partial charge in [-0.15, -0.1) is 0 Å². The van der Waals surface area contributed by atoms with E-state index in [-0.39, 0.29) is 18.5 Å². The lowest BCUT2D eigenvalue weighted by molar-refractivity contribution is -0.128. The van der Waals surface area contributed by atoms with E-state index in [1.165, 1.54) is 12.4 Å². The van der Waals surface area contributed by atoms with E-state index in [1.54, 1.807) is 18.2 Å². The van der Waals surface area contributed by atoms with Crippen molar-refractivity contribution < 1.29 is 18.7 Å². The van der Waals surface area contributed by atoms with Crippen LogP contribution >= 0.6 is 15.9 Å². The SMILES string of the molecule is O=C1CCCN1CCOc1ccc2c(OCNc3ccc(Br)cc3F)ncnc2c1. The summed E-state index contributed by atoms with van der Waals surface area (Å²) in [5.74, 6) is 0.856. The number of benzene rings is 2. The first-order valence-electron chi connectivity index (χ1n) is 9.57. The first-order chi connectivity index (χ1) is 14.6. The highest BCUT2D eigenvalue weighted by Gasteiger charge is 2.19. The number of aromatic nitrogens is 2. The molecule has 0 aliphatic carbocycles. The van der Waals surface area contributed by atoms with Crippen molar-refractivity contribution in [1.82, 2.24) is 14.9 Å². The topological polar surface area (TPSA) is 76.6 Å². The number of fused-ring (bicyclic) bond motifs is 1. The van der Waals surface area contributed by atoms with Gasteiger partial charge in [0.05, 0.1) is 23.1 Å². The maximum Gasteiger partial charge on any atom is 0.226 e. The van der Waals surface area contributed by atoms with Crippen LogP contribution in [0.1, 0.15) is 12.8 Å². The van der Waals surface area contributed by atoms with Gasteiger partial charge >= 0.3 is 0 Å². The van der Waals surface area contributed by atoms with E-state index in [9.17, 15) is 9.18 Å². The molecular formula is C21H20BrFN4O3. The Bertz CT molecular complexity index is 1070. The van der Waals surface area contributed by atoms with E-state index in [0.29, 0.717) is 46.9 Å². The van der Waals surface area contributed by atoms with Gasteiger partial charge in [0, 0.05) is 23.5 Å². The van der Waals surface area contributed by atoms with Crippen LogP contribution in [0.25, 0.3) is 10.9 Å². The predicted molar refractivity (Wildman–Crippen MR) is 114 cm³/mol. The van der Waals surface area contributed by atoms with Gasteiger partial charge in [-0.25, -0.2) is 14.4 Å². The number of halogens is 2. The monoisotopic (exact) mass is 474 g/mol. The molecule has 7 nitrogen and oxygen atoms in total. The summed E-state index contributed by atoms with van der Waals surface area (Å²) >= 11 is 3.23. The molecular weight excluding hydrogens is 455 g/mol. The molecule has 4 rings (SSSR count). The van der Waals surface area contributed by atoms with Gasteiger partial charge in [-0.1, -0.05) is 15.9 Å². The number of carbonyl (C=O) groups excluding carboxylic acids is 1. The predicted octanol–water partition coefficient (Wildman–Crippen LogP) is 3.98. The molecule has 9 heteroatoms. The Labute approximate surface area is 181 Å². The van der Waals surface area contributed by atoms with Gasteiger partial charge in [-0.05, 0) is 36.8 Å². The third-order valence-corrected chi connectivity index (χ3v) is 5.27. The molecule has 30 heavy (non-hydrogen) atoms. The molecule has 0 unspecified atom stereocenters. The van der Waals surface area contributed by atoms with E-state index in [1.807, 2.05) is 17.0 Å². The highest BCUT2D eigenvalue weighted by Crippen LogP contribution is 2.26. The zero-order valence-corrected chi connectivity index (χ0v) is 17.7. The van der Waals surface area contributed by atoms with Crippen molar-refractivity contribution in [2.75, 3.05) is 31.7 Å². The zero-order valence-electron chi connectivity index (χ0n) is 16.1. The Morgan fingerprint density at radius 1 is 1.17 bits per heavy atom. The normalized spacial score (nSPS) is 13.7. The van der Waals surface area contributed by atoms with Crippen LogP contribution in [0.2, 0.25) is 0 Å². The minimum absolute atomic E-state index is 0.0484. The molecule has 2 heterocycles. The van der Waals surface area contributed by atoms with Crippen LogP contribution in [0, 0.1) is 5.82 Å². The molecule has 156 valence electrons. The fourth-order valence-electron chi connectivity index (χ4n) is 3.25. The standard InChI is InChI=1S/C21H20BrFN4O3/c22-14-3-6-18(17(23)10-14)26-13-30-21-16-5-4-15(11-19(16)24-12-25-21)29-9-8-27-7-1-2-20(27)28/h3-6,10-12,26H,1-2,7-9,13H2. The van der Waals surface area contributed by atoms with Crippen LogP contribution in [0.15, 0.2) is 47.2 Å². The van der Waals surface area contributed by atoms with Crippen molar-refractivity contribution in [2.45, 2.75) is 12.8 Å². The number of amides is 1. The van der Waals surface area contributed by atoms with E-state index in [0.717, 1.165) is 18.4 Å². The number of nitrogens with zero attached hydrogens (tertiary/aromatic N) is 3. The van der Waals surface area contributed by atoms with Gasteiger partial charge in [0.15, 0.2) is 6.73 Å².